The van der Waals surface area contributed by atoms with Gasteiger partial charge in [-0.3, -0.25) is 4.79 Å². The van der Waals surface area contributed by atoms with Crippen LogP contribution < -0.4 is 5.32 Å². The van der Waals surface area contributed by atoms with Gasteiger partial charge in [0.1, 0.15) is 6.04 Å². The number of aliphatic hydroxyl groups excluding tert-OH is 1. The van der Waals surface area contributed by atoms with Crippen molar-refractivity contribution in [2.75, 3.05) is 19.7 Å². The van der Waals surface area contributed by atoms with Crippen LogP contribution in [0.3, 0.4) is 0 Å². The number of carbonyl (C=O) groups excluding carboxylic acids is 1. The molecule has 1 heterocycles. The highest BCUT2D eigenvalue weighted by molar-refractivity contribution is 5.82. The zero-order valence-electron chi connectivity index (χ0n) is 9.35. The van der Waals surface area contributed by atoms with Gasteiger partial charge in [-0.15, -0.1) is 0 Å². The van der Waals surface area contributed by atoms with Crippen molar-refractivity contribution in [3.63, 3.8) is 0 Å². The van der Waals surface area contributed by atoms with Crippen molar-refractivity contribution < 1.29 is 19.8 Å². The van der Waals surface area contributed by atoms with Crippen LogP contribution in [0.5, 0.6) is 0 Å². The number of hydrogen-bond acceptors (Lipinski definition) is 3. The van der Waals surface area contributed by atoms with Gasteiger partial charge in [-0.2, -0.15) is 0 Å². The van der Waals surface area contributed by atoms with Crippen molar-refractivity contribution in [2.24, 2.45) is 5.92 Å². The fourth-order valence-electron chi connectivity index (χ4n) is 1.77. The predicted octanol–water partition coefficient (Wildman–Crippen LogP) is -0.127. The van der Waals surface area contributed by atoms with Gasteiger partial charge in [0.25, 0.3) is 0 Å². The van der Waals surface area contributed by atoms with Crippen molar-refractivity contribution in [3.05, 3.63) is 0 Å². The average Bonchev–Trinajstić information content (AvgIpc) is 2.66. The number of nitrogens with zero attached hydrogens (tertiary/aromatic N) is 1. The van der Waals surface area contributed by atoms with Gasteiger partial charge in [0.2, 0.25) is 0 Å². The summed E-state index contributed by atoms with van der Waals surface area (Å²) in [4.78, 5) is 23.7. The van der Waals surface area contributed by atoms with Gasteiger partial charge in [-0.05, 0) is 25.7 Å². The number of hydrogen-bond donors (Lipinski definition) is 3. The molecule has 1 fully saturated rings. The summed E-state index contributed by atoms with van der Waals surface area (Å²) < 4.78 is 0. The summed E-state index contributed by atoms with van der Waals surface area (Å²) >= 11 is 0. The van der Waals surface area contributed by atoms with Crippen LogP contribution in [0, 0.1) is 5.92 Å². The lowest BCUT2D eigenvalue weighted by Gasteiger charge is -2.19. The van der Waals surface area contributed by atoms with Gasteiger partial charge in [0.05, 0.1) is 0 Å². The maximum absolute atomic E-state index is 11.6. The summed E-state index contributed by atoms with van der Waals surface area (Å²) in [5, 5.41) is 19.8. The fourth-order valence-corrected chi connectivity index (χ4v) is 1.77. The summed E-state index contributed by atoms with van der Waals surface area (Å²) in [6.07, 6.45) is 1.56. The zero-order chi connectivity index (χ0) is 12.1. The molecule has 0 aromatic carbocycles. The van der Waals surface area contributed by atoms with Crippen molar-refractivity contribution in [1.29, 1.82) is 0 Å². The van der Waals surface area contributed by atoms with Crippen molar-refractivity contribution in [3.8, 4) is 0 Å². The lowest BCUT2D eigenvalue weighted by molar-refractivity contribution is -0.138. The molecule has 1 aliphatic rings. The molecule has 0 bridgehead atoms. The van der Waals surface area contributed by atoms with Crippen molar-refractivity contribution in [2.45, 2.75) is 25.8 Å². The number of amides is 2. The number of aliphatic carboxylic acids is 1. The molecular weight excluding hydrogens is 212 g/mol. The van der Waals surface area contributed by atoms with E-state index in [1.807, 2.05) is 0 Å². The standard InChI is InChI=1S/C10H18N2O4/c1-7(9(14)15)11-10(16)12-4-2-8(6-12)3-5-13/h7-8,13H,2-6H2,1H3,(H,11,16)(H,14,15)/t7-,8?/m0/s1. The van der Waals surface area contributed by atoms with Gasteiger partial charge >= 0.3 is 12.0 Å². The van der Waals surface area contributed by atoms with Crippen LogP contribution >= 0.6 is 0 Å². The molecule has 1 rings (SSSR count). The Kier molecular flexibility index (Phi) is 4.54. The summed E-state index contributed by atoms with van der Waals surface area (Å²) in [6, 6.07) is -1.21. The highest BCUT2D eigenvalue weighted by Crippen LogP contribution is 2.18. The topological polar surface area (TPSA) is 89.9 Å². The Labute approximate surface area is 94.2 Å². The molecule has 3 N–H and O–H groups in total. The number of likely N-dealkylation sites (tertiary alicyclic amines) is 1. The van der Waals surface area contributed by atoms with E-state index in [2.05, 4.69) is 5.32 Å². The van der Waals surface area contributed by atoms with E-state index < -0.39 is 12.0 Å². The summed E-state index contributed by atoms with van der Waals surface area (Å²) in [5.41, 5.74) is 0. The molecule has 1 saturated heterocycles. The fraction of sp³-hybridized carbons (Fsp3) is 0.800. The quantitative estimate of drug-likeness (QED) is 0.627. The second kappa shape index (κ2) is 5.69. The third kappa shape index (κ3) is 3.37. The van der Waals surface area contributed by atoms with Crippen LogP contribution in [0.15, 0.2) is 0 Å². The average molecular weight is 230 g/mol. The largest absolute Gasteiger partial charge is 0.480 e. The number of urea groups is 1. The second-order valence-corrected chi connectivity index (χ2v) is 4.12. The molecular formula is C10H18N2O4. The van der Waals surface area contributed by atoms with Gasteiger partial charge in [0, 0.05) is 19.7 Å². The number of nitrogens with one attached hydrogen (secondary N) is 1. The molecule has 0 spiro atoms. The Morgan fingerprint density at radius 3 is 2.81 bits per heavy atom. The Hall–Kier alpha value is -1.30. The maximum Gasteiger partial charge on any atom is 0.325 e. The van der Waals surface area contributed by atoms with Crippen LogP contribution in [0.4, 0.5) is 4.79 Å². The lowest BCUT2D eigenvalue weighted by atomic mass is 10.1. The first-order valence-corrected chi connectivity index (χ1v) is 5.43. The van der Waals surface area contributed by atoms with Crippen molar-refractivity contribution in [1.82, 2.24) is 10.2 Å². The predicted molar refractivity (Wildman–Crippen MR) is 57.0 cm³/mol. The zero-order valence-corrected chi connectivity index (χ0v) is 9.35. The van der Waals surface area contributed by atoms with E-state index in [1.165, 1.54) is 6.92 Å². The third-order valence-electron chi connectivity index (χ3n) is 2.82. The van der Waals surface area contributed by atoms with Gasteiger partial charge in [-0.25, -0.2) is 4.79 Å². The summed E-state index contributed by atoms with van der Waals surface area (Å²) in [6.45, 7) is 2.79. The highest BCUT2D eigenvalue weighted by atomic mass is 16.4. The van der Waals surface area contributed by atoms with Crippen LogP contribution in [-0.4, -0.2) is 52.9 Å². The number of rotatable bonds is 4. The molecule has 0 aromatic rings. The molecule has 0 aromatic heterocycles. The Bertz CT molecular complexity index is 270. The normalized spacial score (nSPS) is 21.9. The molecule has 0 aliphatic carbocycles. The minimum Gasteiger partial charge on any atom is -0.480 e. The molecule has 92 valence electrons. The molecule has 2 amide bonds. The first-order chi connectivity index (χ1) is 7.54. The highest BCUT2D eigenvalue weighted by Gasteiger charge is 2.27. The number of aliphatic hydroxyl groups is 1. The molecule has 1 aliphatic heterocycles. The Morgan fingerprint density at radius 2 is 2.25 bits per heavy atom. The minimum atomic E-state index is -1.04. The maximum atomic E-state index is 11.6. The first kappa shape index (κ1) is 12.8. The van der Waals surface area contributed by atoms with Crippen molar-refractivity contribution >= 4 is 12.0 Å². The molecule has 6 nitrogen and oxygen atoms in total. The Balaban J connectivity index is 2.36. The number of carboxylic acids is 1. The number of carbonyl (C=O) groups is 2. The van der Waals surface area contributed by atoms with Crippen LogP contribution in [0.2, 0.25) is 0 Å². The van der Waals surface area contributed by atoms with E-state index in [0.29, 0.717) is 25.4 Å². The Morgan fingerprint density at radius 1 is 1.56 bits per heavy atom. The van der Waals surface area contributed by atoms with Crippen LogP contribution in [0.25, 0.3) is 0 Å². The summed E-state index contributed by atoms with van der Waals surface area (Å²) in [7, 11) is 0. The monoisotopic (exact) mass is 230 g/mol. The second-order valence-electron chi connectivity index (χ2n) is 4.12. The van der Waals surface area contributed by atoms with Crippen LogP contribution in [-0.2, 0) is 4.79 Å². The van der Waals surface area contributed by atoms with E-state index >= 15 is 0 Å². The minimum absolute atomic E-state index is 0.131. The number of carboxylic acid groups (broad SMARTS) is 1. The molecule has 16 heavy (non-hydrogen) atoms. The first-order valence-electron chi connectivity index (χ1n) is 5.43. The van der Waals surface area contributed by atoms with Gasteiger partial charge in [-0.1, -0.05) is 0 Å². The molecule has 1 unspecified atom stereocenters. The molecule has 0 saturated carbocycles. The van der Waals surface area contributed by atoms with E-state index in [0.717, 1.165) is 6.42 Å². The third-order valence-corrected chi connectivity index (χ3v) is 2.82. The lowest BCUT2D eigenvalue weighted by Crippen LogP contribution is -2.45. The van der Waals surface area contributed by atoms with E-state index in [4.69, 9.17) is 10.2 Å². The van der Waals surface area contributed by atoms with Gasteiger partial charge in [0.15, 0.2) is 0 Å². The van der Waals surface area contributed by atoms with E-state index in [9.17, 15) is 9.59 Å². The molecule has 0 radical (unpaired) electrons. The van der Waals surface area contributed by atoms with Gasteiger partial charge < -0.3 is 20.4 Å². The van der Waals surface area contributed by atoms with Crippen LogP contribution in [0.1, 0.15) is 19.8 Å². The SMILES string of the molecule is C[C@H](NC(=O)N1CCC(CCO)C1)C(=O)O. The summed E-state index contributed by atoms with van der Waals surface area (Å²) in [5.74, 6) is -0.713. The van der Waals surface area contributed by atoms with E-state index in [-0.39, 0.29) is 12.6 Å². The molecule has 2 atom stereocenters. The smallest absolute Gasteiger partial charge is 0.325 e. The van der Waals surface area contributed by atoms with E-state index in [1.54, 1.807) is 4.90 Å². The molecule has 6 heteroatoms.